The molecule has 136 valence electrons. The normalized spacial score (nSPS) is 11.4. The van der Waals surface area contributed by atoms with Gasteiger partial charge in [-0.3, -0.25) is 4.55 Å². The Bertz CT molecular complexity index is 799. The van der Waals surface area contributed by atoms with Gasteiger partial charge in [0.25, 0.3) is 10.1 Å². The van der Waals surface area contributed by atoms with E-state index in [2.05, 4.69) is 6.92 Å². The third-order valence-corrected chi connectivity index (χ3v) is 4.77. The molecule has 0 radical (unpaired) electrons. The second-order valence-corrected chi connectivity index (χ2v) is 7.43. The van der Waals surface area contributed by atoms with E-state index in [0.29, 0.717) is 17.9 Å². The first-order valence-electron chi connectivity index (χ1n) is 8.47. The van der Waals surface area contributed by atoms with Gasteiger partial charge < -0.3 is 9.84 Å². The van der Waals surface area contributed by atoms with Crippen molar-refractivity contribution in [1.82, 2.24) is 0 Å². The Morgan fingerprint density at radius 2 is 1.76 bits per heavy atom. The van der Waals surface area contributed by atoms with E-state index in [4.69, 9.17) is 4.74 Å². The highest BCUT2D eigenvalue weighted by atomic mass is 32.2. The molecule has 25 heavy (non-hydrogen) atoms. The van der Waals surface area contributed by atoms with Crippen LogP contribution >= 0.6 is 0 Å². The molecule has 0 saturated carbocycles. The molecule has 0 unspecified atom stereocenters. The molecular formula is C19H24O5S. The molecule has 0 aliphatic heterocycles. The Labute approximate surface area is 149 Å². The number of benzene rings is 2. The van der Waals surface area contributed by atoms with Crippen molar-refractivity contribution in [2.24, 2.45) is 0 Å². The number of rotatable bonds is 9. The average Bonchev–Trinajstić information content (AvgIpc) is 2.55. The molecule has 0 saturated heterocycles. The number of aromatic hydroxyl groups is 1. The standard InChI is InChI=1S/C19H24O5S/c1-2-3-4-5-6-8-15-13-18(25(21,22)23)11-12-19(15)24-17-10-7-9-16(20)14-17/h7,9-14,20H,2-6,8H2,1H3,(H,21,22,23). The Balaban J connectivity index is 2.21. The van der Waals surface area contributed by atoms with Crippen molar-refractivity contribution in [2.45, 2.75) is 50.3 Å². The molecule has 0 spiro atoms. The molecule has 2 N–H and O–H groups in total. The van der Waals surface area contributed by atoms with Gasteiger partial charge in [-0.2, -0.15) is 8.42 Å². The zero-order valence-electron chi connectivity index (χ0n) is 14.3. The van der Waals surface area contributed by atoms with Crippen LogP contribution in [0.3, 0.4) is 0 Å². The van der Waals surface area contributed by atoms with Crippen molar-refractivity contribution in [1.29, 1.82) is 0 Å². The van der Waals surface area contributed by atoms with E-state index in [9.17, 15) is 18.1 Å². The Morgan fingerprint density at radius 3 is 2.44 bits per heavy atom. The highest BCUT2D eigenvalue weighted by molar-refractivity contribution is 7.85. The lowest BCUT2D eigenvalue weighted by atomic mass is 10.0. The van der Waals surface area contributed by atoms with Crippen LogP contribution in [0.4, 0.5) is 0 Å². The molecule has 0 aromatic heterocycles. The third kappa shape index (κ3) is 6.07. The van der Waals surface area contributed by atoms with E-state index in [0.717, 1.165) is 31.2 Å². The van der Waals surface area contributed by atoms with Crippen LogP contribution in [0.15, 0.2) is 47.4 Å². The van der Waals surface area contributed by atoms with Gasteiger partial charge in [0, 0.05) is 6.07 Å². The summed E-state index contributed by atoms with van der Waals surface area (Å²) in [7, 11) is -4.26. The maximum absolute atomic E-state index is 11.4. The van der Waals surface area contributed by atoms with Gasteiger partial charge in [0.2, 0.25) is 0 Å². The number of phenols is 1. The quantitative estimate of drug-likeness (QED) is 0.486. The zero-order chi connectivity index (χ0) is 18.3. The Hall–Kier alpha value is -2.05. The van der Waals surface area contributed by atoms with E-state index in [1.54, 1.807) is 18.2 Å². The van der Waals surface area contributed by atoms with E-state index in [-0.39, 0.29) is 10.6 Å². The van der Waals surface area contributed by atoms with Crippen molar-refractivity contribution in [3.05, 3.63) is 48.0 Å². The monoisotopic (exact) mass is 364 g/mol. The molecule has 0 aliphatic carbocycles. The highest BCUT2D eigenvalue weighted by Gasteiger charge is 2.14. The number of ether oxygens (including phenoxy) is 1. The van der Waals surface area contributed by atoms with Crippen molar-refractivity contribution in [2.75, 3.05) is 0 Å². The van der Waals surface area contributed by atoms with Gasteiger partial charge in [0.1, 0.15) is 17.2 Å². The molecule has 5 nitrogen and oxygen atoms in total. The van der Waals surface area contributed by atoms with Crippen molar-refractivity contribution in [3.63, 3.8) is 0 Å². The molecule has 0 atom stereocenters. The zero-order valence-corrected chi connectivity index (χ0v) is 15.1. The molecule has 0 bridgehead atoms. The summed E-state index contributed by atoms with van der Waals surface area (Å²) in [4.78, 5) is -0.140. The van der Waals surface area contributed by atoms with Crippen molar-refractivity contribution in [3.8, 4) is 17.2 Å². The molecule has 2 rings (SSSR count). The smallest absolute Gasteiger partial charge is 0.294 e. The molecule has 0 heterocycles. The summed E-state index contributed by atoms with van der Waals surface area (Å²) in [5.74, 6) is 1.08. The van der Waals surface area contributed by atoms with E-state index in [1.165, 1.54) is 30.7 Å². The lowest BCUT2D eigenvalue weighted by Crippen LogP contribution is -2.01. The maximum Gasteiger partial charge on any atom is 0.294 e. The molecule has 2 aromatic carbocycles. The van der Waals surface area contributed by atoms with Gasteiger partial charge >= 0.3 is 0 Å². The second kappa shape index (κ2) is 8.87. The summed E-state index contributed by atoms with van der Waals surface area (Å²) in [5, 5.41) is 9.54. The van der Waals surface area contributed by atoms with Crippen LogP contribution in [0.5, 0.6) is 17.2 Å². The lowest BCUT2D eigenvalue weighted by Gasteiger charge is -2.13. The van der Waals surface area contributed by atoms with Crippen LogP contribution in [-0.2, 0) is 16.5 Å². The maximum atomic E-state index is 11.4. The largest absolute Gasteiger partial charge is 0.508 e. The second-order valence-electron chi connectivity index (χ2n) is 6.01. The van der Waals surface area contributed by atoms with Crippen LogP contribution in [0.1, 0.15) is 44.6 Å². The van der Waals surface area contributed by atoms with Gasteiger partial charge in [-0.15, -0.1) is 0 Å². The summed E-state index contributed by atoms with van der Waals surface area (Å²) in [6.45, 7) is 2.15. The summed E-state index contributed by atoms with van der Waals surface area (Å²) in [6, 6.07) is 10.7. The van der Waals surface area contributed by atoms with Crippen LogP contribution < -0.4 is 4.74 Å². The minimum Gasteiger partial charge on any atom is -0.508 e. The fraction of sp³-hybridized carbons (Fsp3) is 0.368. The van der Waals surface area contributed by atoms with Crippen LogP contribution in [0, 0.1) is 0 Å². The summed E-state index contributed by atoms with van der Waals surface area (Å²) >= 11 is 0. The highest BCUT2D eigenvalue weighted by Crippen LogP contribution is 2.30. The summed E-state index contributed by atoms with van der Waals surface area (Å²) in [5.41, 5.74) is 0.718. The summed E-state index contributed by atoms with van der Waals surface area (Å²) < 4.78 is 37.9. The fourth-order valence-electron chi connectivity index (χ4n) is 2.60. The minimum atomic E-state index is -4.26. The van der Waals surface area contributed by atoms with Crippen molar-refractivity contribution >= 4 is 10.1 Å². The number of hydrogen-bond donors (Lipinski definition) is 2. The van der Waals surface area contributed by atoms with Gasteiger partial charge in [0.15, 0.2) is 0 Å². The molecular weight excluding hydrogens is 340 g/mol. The lowest BCUT2D eigenvalue weighted by molar-refractivity contribution is 0.451. The number of unbranched alkanes of at least 4 members (excludes halogenated alkanes) is 4. The predicted octanol–water partition coefficient (Wildman–Crippen LogP) is 4.94. The predicted molar refractivity (Wildman–Crippen MR) is 96.9 cm³/mol. The van der Waals surface area contributed by atoms with Gasteiger partial charge in [-0.05, 0) is 48.7 Å². The number of hydrogen-bond acceptors (Lipinski definition) is 4. The number of phenolic OH excluding ortho intramolecular Hbond substituents is 1. The SMILES string of the molecule is CCCCCCCc1cc(S(=O)(=O)O)ccc1Oc1cccc(O)c1. The Kier molecular flexibility index (Phi) is 6.84. The summed E-state index contributed by atoms with van der Waals surface area (Å²) in [6.07, 6.45) is 6.08. The number of aryl methyl sites for hydroxylation is 1. The van der Waals surface area contributed by atoms with Crippen LogP contribution in [0.2, 0.25) is 0 Å². The van der Waals surface area contributed by atoms with E-state index in [1.807, 2.05) is 0 Å². The fourth-order valence-corrected chi connectivity index (χ4v) is 3.14. The minimum absolute atomic E-state index is 0.0909. The average molecular weight is 364 g/mol. The molecule has 2 aromatic rings. The molecule has 0 amide bonds. The van der Waals surface area contributed by atoms with E-state index >= 15 is 0 Å². The first kappa shape index (κ1) is 19.3. The van der Waals surface area contributed by atoms with Gasteiger partial charge in [-0.25, -0.2) is 0 Å². The first-order chi connectivity index (χ1) is 11.9. The van der Waals surface area contributed by atoms with Crippen LogP contribution in [-0.4, -0.2) is 18.1 Å². The topological polar surface area (TPSA) is 83.8 Å². The molecule has 0 fully saturated rings. The first-order valence-corrected chi connectivity index (χ1v) is 9.91. The van der Waals surface area contributed by atoms with E-state index < -0.39 is 10.1 Å². The van der Waals surface area contributed by atoms with Gasteiger partial charge in [0.05, 0.1) is 4.90 Å². The molecule has 0 aliphatic rings. The third-order valence-electron chi connectivity index (χ3n) is 3.92. The van der Waals surface area contributed by atoms with Gasteiger partial charge in [-0.1, -0.05) is 38.7 Å². The van der Waals surface area contributed by atoms with Crippen molar-refractivity contribution < 1.29 is 22.8 Å². The Morgan fingerprint density at radius 1 is 1.00 bits per heavy atom. The van der Waals surface area contributed by atoms with Crippen LogP contribution in [0.25, 0.3) is 0 Å². The molecule has 6 heteroatoms.